The molecule has 0 aromatic rings. The van der Waals surface area contributed by atoms with Crippen molar-refractivity contribution in [3.05, 3.63) is 0 Å². The van der Waals surface area contributed by atoms with E-state index in [-0.39, 0.29) is 13.0 Å². The highest BCUT2D eigenvalue weighted by molar-refractivity contribution is 5.78. The van der Waals surface area contributed by atoms with Crippen molar-refractivity contribution in [2.45, 2.75) is 18.5 Å². The van der Waals surface area contributed by atoms with Gasteiger partial charge >= 0.3 is 18.1 Å². The summed E-state index contributed by atoms with van der Waals surface area (Å²) in [6.07, 6.45) is -5.87. The minimum absolute atomic E-state index is 0.0518. The average Bonchev–Trinajstić information content (AvgIpc) is 2.10. The van der Waals surface area contributed by atoms with Crippen molar-refractivity contribution in [3.8, 4) is 0 Å². The first-order valence-electron chi connectivity index (χ1n) is 3.84. The molecular formula is C7H9F5O3. The lowest BCUT2D eigenvalue weighted by Crippen LogP contribution is -2.45. The first-order valence-corrected chi connectivity index (χ1v) is 3.84. The number of hydrogen-bond donors (Lipinski definition) is 0. The summed E-state index contributed by atoms with van der Waals surface area (Å²) in [7, 11) is 1.31. The predicted octanol–water partition coefficient (Wildman–Crippen LogP) is 1.76. The van der Waals surface area contributed by atoms with Gasteiger partial charge in [0.15, 0.2) is 0 Å². The number of carbonyl (C=O) groups excluding carboxylic acids is 1. The summed E-state index contributed by atoms with van der Waals surface area (Å²) in [6, 6.07) is 0. The molecule has 0 atom stereocenters. The maximum absolute atomic E-state index is 12.2. The molecule has 0 rings (SSSR count). The molecule has 0 saturated carbocycles. The van der Waals surface area contributed by atoms with Crippen LogP contribution in [0.4, 0.5) is 22.0 Å². The van der Waals surface area contributed by atoms with Gasteiger partial charge in [-0.25, -0.2) is 4.79 Å². The van der Waals surface area contributed by atoms with Crippen LogP contribution in [0.2, 0.25) is 0 Å². The lowest BCUT2D eigenvalue weighted by molar-refractivity contribution is -0.280. The molecule has 0 aliphatic carbocycles. The Morgan fingerprint density at radius 1 is 1.13 bits per heavy atom. The monoisotopic (exact) mass is 236 g/mol. The summed E-state index contributed by atoms with van der Waals surface area (Å²) >= 11 is 0. The van der Waals surface area contributed by atoms with Crippen LogP contribution >= 0.6 is 0 Å². The van der Waals surface area contributed by atoms with Gasteiger partial charge in [0.25, 0.3) is 0 Å². The maximum atomic E-state index is 12.2. The van der Waals surface area contributed by atoms with Crippen molar-refractivity contribution in [3.63, 3.8) is 0 Å². The first-order chi connectivity index (χ1) is 6.73. The van der Waals surface area contributed by atoms with Crippen LogP contribution in [-0.4, -0.2) is 38.4 Å². The number of alkyl halides is 5. The molecule has 0 spiro atoms. The normalized spacial score (nSPS) is 12.7. The Morgan fingerprint density at radius 3 is 2.07 bits per heavy atom. The molecular weight excluding hydrogens is 227 g/mol. The first kappa shape index (κ1) is 14.1. The lowest BCUT2D eigenvalue weighted by atomic mass is 10.3. The summed E-state index contributed by atoms with van der Waals surface area (Å²) < 4.78 is 67.4. The molecule has 3 nitrogen and oxygen atoms in total. The fourth-order valence-corrected chi connectivity index (χ4v) is 0.574. The van der Waals surface area contributed by atoms with Crippen LogP contribution in [0.25, 0.3) is 0 Å². The molecule has 15 heavy (non-hydrogen) atoms. The molecule has 0 aliphatic heterocycles. The summed E-state index contributed by atoms with van der Waals surface area (Å²) in [4.78, 5) is 10.3. The van der Waals surface area contributed by atoms with Crippen LogP contribution < -0.4 is 0 Å². The average molecular weight is 236 g/mol. The minimum Gasteiger partial charge on any atom is -0.461 e. The molecule has 0 unspecified atom stereocenters. The van der Waals surface area contributed by atoms with Crippen molar-refractivity contribution in [2.75, 3.05) is 20.3 Å². The Kier molecular flexibility index (Phi) is 4.92. The molecule has 90 valence electrons. The SMILES string of the molecule is COCCCOC(=O)C(F)(F)C(F)(F)F. The minimum atomic E-state index is -5.93. The number of methoxy groups -OCH3 is 1. The van der Waals surface area contributed by atoms with Crippen molar-refractivity contribution < 1.29 is 36.2 Å². The molecule has 0 N–H and O–H groups in total. The molecule has 0 aromatic carbocycles. The van der Waals surface area contributed by atoms with Crippen LogP contribution in [0.15, 0.2) is 0 Å². The largest absolute Gasteiger partial charge is 0.465 e. The van der Waals surface area contributed by atoms with Crippen molar-refractivity contribution in [2.24, 2.45) is 0 Å². The number of carbonyl (C=O) groups is 1. The summed E-state index contributed by atoms with van der Waals surface area (Å²) in [5.74, 6) is -8.05. The van der Waals surface area contributed by atoms with E-state index in [1.807, 2.05) is 0 Å². The zero-order chi connectivity index (χ0) is 12.1. The van der Waals surface area contributed by atoms with Gasteiger partial charge in [0.2, 0.25) is 0 Å². The smallest absolute Gasteiger partial charge is 0.461 e. The van der Waals surface area contributed by atoms with Crippen LogP contribution in [0, 0.1) is 0 Å². The molecule has 8 heteroatoms. The van der Waals surface area contributed by atoms with Gasteiger partial charge in [0, 0.05) is 20.1 Å². The third kappa shape index (κ3) is 3.98. The second kappa shape index (κ2) is 5.24. The second-order valence-electron chi connectivity index (χ2n) is 2.55. The number of hydrogen-bond acceptors (Lipinski definition) is 3. The number of esters is 1. The Balaban J connectivity index is 4.10. The molecule has 0 fully saturated rings. The number of rotatable bonds is 5. The number of halogens is 5. The molecule has 0 amide bonds. The molecule has 0 aliphatic rings. The van der Waals surface area contributed by atoms with E-state index < -0.39 is 24.7 Å². The van der Waals surface area contributed by atoms with Crippen molar-refractivity contribution in [1.82, 2.24) is 0 Å². The van der Waals surface area contributed by atoms with Gasteiger partial charge in [-0.15, -0.1) is 0 Å². The highest BCUT2D eigenvalue weighted by atomic mass is 19.4. The zero-order valence-corrected chi connectivity index (χ0v) is 7.74. The third-order valence-electron chi connectivity index (χ3n) is 1.34. The molecule has 0 bridgehead atoms. The second-order valence-corrected chi connectivity index (χ2v) is 2.55. The molecule has 0 heterocycles. The predicted molar refractivity (Wildman–Crippen MR) is 38.5 cm³/mol. The Morgan fingerprint density at radius 2 is 1.67 bits per heavy atom. The van der Waals surface area contributed by atoms with Gasteiger partial charge < -0.3 is 9.47 Å². The Labute approximate surface area is 82.1 Å². The van der Waals surface area contributed by atoms with E-state index in [2.05, 4.69) is 9.47 Å². The van der Waals surface area contributed by atoms with Crippen LogP contribution in [0.1, 0.15) is 6.42 Å². The standard InChI is InChI=1S/C7H9F5O3/c1-14-3-2-4-15-5(13)6(8,9)7(10,11)12/h2-4H2,1H3. The molecule has 0 radical (unpaired) electrons. The van der Waals surface area contributed by atoms with Gasteiger partial charge in [-0.3, -0.25) is 0 Å². The van der Waals surface area contributed by atoms with Crippen molar-refractivity contribution in [1.29, 1.82) is 0 Å². The zero-order valence-electron chi connectivity index (χ0n) is 7.74. The van der Waals surface area contributed by atoms with E-state index in [0.717, 1.165) is 0 Å². The van der Waals surface area contributed by atoms with Crippen LogP contribution in [-0.2, 0) is 14.3 Å². The van der Waals surface area contributed by atoms with Crippen LogP contribution in [0.5, 0.6) is 0 Å². The van der Waals surface area contributed by atoms with Gasteiger partial charge in [-0.1, -0.05) is 0 Å². The Bertz CT molecular complexity index is 213. The fourth-order valence-electron chi connectivity index (χ4n) is 0.574. The Hall–Kier alpha value is -0.920. The van der Waals surface area contributed by atoms with Gasteiger partial charge in [0.05, 0.1) is 6.61 Å². The maximum Gasteiger partial charge on any atom is 0.465 e. The highest BCUT2D eigenvalue weighted by Gasteiger charge is 2.64. The van der Waals surface area contributed by atoms with E-state index >= 15 is 0 Å². The quantitative estimate of drug-likeness (QED) is 0.414. The van der Waals surface area contributed by atoms with Crippen LogP contribution in [0.3, 0.4) is 0 Å². The van der Waals surface area contributed by atoms with E-state index in [1.165, 1.54) is 7.11 Å². The van der Waals surface area contributed by atoms with E-state index in [4.69, 9.17) is 0 Å². The van der Waals surface area contributed by atoms with E-state index in [0.29, 0.717) is 0 Å². The summed E-state index contributed by atoms with van der Waals surface area (Å²) in [5.41, 5.74) is 0. The fraction of sp³-hybridized carbons (Fsp3) is 0.857. The highest BCUT2D eigenvalue weighted by Crippen LogP contribution is 2.36. The van der Waals surface area contributed by atoms with Gasteiger partial charge in [-0.05, 0) is 0 Å². The lowest BCUT2D eigenvalue weighted by Gasteiger charge is -2.17. The third-order valence-corrected chi connectivity index (χ3v) is 1.34. The van der Waals surface area contributed by atoms with E-state index in [9.17, 15) is 26.7 Å². The van der Waals surface area contributed by atoms with Crippen molar-refractivity contribution >= 4 is 5.97 Å². The molecule has 0 saturated heterocycles. The topological polar surface area (TPSA) is 35.5 Å². The molecule has 0 aromatic heterocycles. The number of ether oxygens (including phenoxy) is 2. The van der Waals surface area contributed by atoms with Gasteiger partial charge in [0.1, 0.15) is 0 Å². The van der Waals surface area contributed by atoms with Gasteiger partial charge in [-0.2, -0.15) is 22.0 Å². The van der Waals surface area contributed by atoms with E-state index in [1.54, 1.807) is 0 Å². The summed E-state index contributed by atoms with van der Waals surface area (Å²) in [6.45, 7) is -0.441. The summed E-state index contributed by atoms with van der Waals surface area (Å²) in [5, 5.41) is 0.